The number of fused-ring (bicyclic) bond motifs is 2. The third-order valence-electron chi connectivity index (χ3n) is 3.71. The Labute approximate surface area is 111 Å². The first-order valence-electron chi connectivity index (χ1n) is 6.26. The molecule has 1 aliphatic carbocycles. The number of nitriles is 1. The zero-order valence-electron chi connectivity index (χ0n) is 10.4. The lowest BCUT2D eigenvalue weighted by atomic mass is 9.94. The van der Waals surface area contributed by atoms with E-state index in [-0.39, 0.29) is 11.9 Å². The Morgan fingerprint density at radius 2 is 1.84 bits per heavy atom. The highest BCUT2D eigenvalue weighted by Gasteiger charge is 2.21. The van der Waals surface area contributed by atoms with Crippen LogP contribution in [0.2, 0.25) is 0 Å². The van der Waals surface area contributed by atoms with Gasteiger partial charge in [0.25, 0.3) is 0 Å². The summed E-state index contributed by atoms with van der Waals surface area (Å²) in [6.07, 6.45) is 1.66. The fourth-order valence-corrected chi connectivity index (χ4v) is 2.72. The van der Waals surface area contributed by atoms with E-state index in [0.29, 0.717) is 5.56 Å². The standard InChI is InChI=1S/C16H13FN2/c17-13-5-4-11-2-3-12-7-10(9-18)1-6-14(12)16(19)15(11)8-13/h1,4-8,16H,2-3,19H2/t16-/m1/s1. The van der Waals surface area contributed by atoms with Gasteiger partial charge in [-0.15, -0.1) is 0 Å². The largest absolute Gasteiger partial charge is 0.320 e. The second kappa shape index (κ2) is 4.49. The smallest absolute Gasteiger partial charge is 0.123 e. The molecule has 3 rings (SSSR count). The molecule has 0 spiro atoms. The van der Waals surface area contributed by atoms with Crippen molar-refractivity contribution in [3.8, 4) is 6.07 Å². The molecule has 0 radical (unpaired) electrons. The Morgan fingerprint density at radius 1 is 1.05 bits per heavy atom. The maximum atomic E-state index is 13.4. The van der Waals surface area contributed by atoms with Crippen LogP contribution in [0.1, 0.15) is 33.9 Å². The highest BCUT2D eigenvalue weighted by Crippen LogP contribution is 2.31. The van der Waals surface area contributed by atoms with Gasteiger partial charge in [0.2, 0.25) is 0 Å². The lowest BCUT2D eigenvalue weighted by Gasteiger charge is -2.15. The summed E-state index contributed by atoms with van der Waals surface area (Å²) >= 11 is 0. The second-order valence-corrected chi connectivity index (χ2v) is 4.85. The van der Waals surface area contributed by atoms with E-state index in [1.807, 2.05) is 18.2 Å². The van der Waals surface area contributed by atoms with Crippen LogP contribution in [0.5, 0.6) is 0 Å². The number of aryl methyl sites for hydroxylation is 2. The van der Waals surface area contributed by atoms with Gasteiger partial charge >= 0.3 is 0 Å². The predicted octanol–water partition coefficient (Wildman–Crippen LogP) is 2.84. The third kappa shape index (κ3) is 2.00. The molecule has 0 saturated carbocycles. The summed E-state index contributed by atoms with van der Waals surface area (Å²) in [5, 5.41) is 8.95. The van der Waals surface area contributed by atoms with Gasteiger partial charge in [-0.1, -0.05) is 12.1 Å². The fraction of sp³-hybridized carbons (Fsp3) is 0.188. The summed E-state index contributed by atoms with van der Waals surface area (Å²) < 4.78 is 13.4. The summed E-state index contributed by atoms with van der Waals surface area (Å²) in [7, 11) is 0. The lowest BCUT2D eigenvalue weighted by molar-refractivity contribution is 0.622. The van der Waals surface area contributed by atoms with Crippen LogP contribution in [-0.4, -0.2) is 0 Å². The second-order valence-electron chi connectivity index (χ2n) is 4.85. The quantitative estimate of drug-likeness (QED) is 0.783. The molecule has 0 aromatic heterocycles. The first-order valence-corrected chi connectivity index (χ1v) is 6.26. The topological polar surface area (TPSA) is 49.8 Å². The van der Waals surface area contributed by atoms with Gasteiger partial charge in [0.05, 0.1) is 17.7 Å². The number of nitrogens with zero attached hydrogens (tertiary/aromatic N) is 1. The summed E-state index contributed by atoms with van der Waals surface area (Å²) in [6, 6.07) is 12.2. The van der Waals surface area contributed by atoms with Gasteiger partial charge in [0.15, 0.2) is 0 Å². The van der Waals surface area contributed by atoms with E-state index in [1.165, 1.54) is 12.1 Å². The molecule has 2 aromatic carbocycles. The van der Waals surface area contributed by atoms with Crippen molar-refractivity contribution in [1.29, 1.82) is 5.26 Å². The van der Waals surface area contributed by atoms with Crippen molar-refractivity contribution in [2.45, 2.75) is 18.9 Å². The highest BCUT2D eigenvalue weighted by molar-refractivity contribution is 5.47. The van der Waals surface area contributed by atoms with Crippen molar-refractivity contribution in [3.05, 3.63) is 70.0 Å². The van der Waals surface area contributed by atoms with Crippen molar-refractivity contribution >= 4 is 0 Å². The van der Waals surface area contributed by atoms with Gasteiger partial charge in [-0.3, -0.25) is 0 Å². The molecule has 19 heavy (non-hydrogen) atoms. The van der Waals surface area contributed by atoms with E-state index in [4.69, 9.17) is 11.0 Å². The SMILES string of the molecule is N#Cc1ccc2c(c1)CCc1ccc(F)cc1[C@@H]2N. The Balaban J connectivity index is 2.15. The lowest BCUT2D eigenvalue weighted by Crippen LogP contribution is -2.14. The molecule has 0 saturated heterocycles. The van der Waals surface area contributed by atoms with Crippen LogP contribution in [-0.2, 0) is 12.8 Å². The molecule has 2 nitrogen and oxygen atoms in total. The Hall–Kier alpha value is -2.18. The predicted molar refractivity (Wildman–Crippen MR) is 71.0 cm³/mol. The summed E-state index contributed by atoms with van der Waals surface area (Å²) in [5.74, 6) is -0.258. The Bertz CT molecular complexity index is 686. The maximum Gasteiger partial charge on any atom is 0.123 e. The molecule has 94 valence electrons. The zero-order valence-corrected chi connectivity index (χ0v) is 10.4. The van der Waals surface area contributed by atoms with Crippen molar-refractivity contribution in [2.75, 3.05) is 0 Å². The molecule has 0 bridgehead atoms. The maximum absolute atomic E-state index is 13.4. The number of benzene rings is 2. The number of hydrogen-bond acceptors (Lipinski definition) is 2. The summed E-state index contributed by atoms with van der Waals surface area (Å²) in [5.41, 5.74) is 10.9. The van der Waals surface area contributed by atoms with Crippen LogP contribution in [0.15, 0.2) is 36.4 Å². The van der Waals surface area contributed by atoms with E-state index < -0.39 is 0 Å². The van der Waals surface area contributed by atoms with E-state index in [0.717, 1.165) is 35.1 Å². The van der Waals surface area contributed by atoms with Gasteiger partial charge < -0.3 is 5.73 Å². The summed E-state index contributed by atoms with van der Waals surface area (Å²) in [6.45, 7) is 0. The third-order valence-corrected chi connectivity index (χ3v) is 3.71. The number of rotatable bonds is 0. The van der Waals surface area contributed by atoms with Crippen LogP contribution in [0, 0.1) is 17.1 Å². The normalized spacial score (nSPS) is 17.0. The molecule has 2 aromatic rings. The molecule has 0 amide bonds. The Kier molecular flexibility index (Phi) is 2.81. The van der Waals surface area contributed by atoms with Crippen molar-refractivity contribution in [3.63, 3.8) is 0 Å². The molecule has 0 unspecified atom stereocenters. The highest BCUT2D eigenvalue weighted by atomic mass is 19.1. The first-order chi connectivity index (χ1) is 9.19. The zero-order chi connectivity index (χ0) is 13.4. The molecule has 1 atom stereocenters. The average Bonchev–Trinajstić information content (AvgIpc) is 2.57. The minimum absolute atomic E-state index is 0.258. The summed E-state index contributed by atoms with van der Waals surface area (Å²) in [4.78, 5) is 0. The monoisotopic (exact) mass is 252 g/mol. The molecular weight excluding hydrogens is 239 g/mol. The number of halogens is 1. The minimum atomic E-state index is -0.323. The van der Waals surface area contributed by atoms with Gasteiger partial charge in [-0.05, 0) is 59.4 Å². The fourth-order valence-electron chi connectivity index (χ4n) is 2.72. The molecule has 0 aliphatic heterocycles. The van der Waals surface area contributed by atoms with Gasteiger partial charge in [0, 0.05) is 0 Å². The molecule has 2 N–H and O–H groups in total. The van der Waals surface area contributed by atoms with E-state index >= 15 is 0 Å². The molecule has 3 heteroatoms. The van der Waals surface area contributed by atoms with Crippen molar-refractivity contribution in [2.24, 2.45) is 5.73 Å². The van der Waals surface area contributed by atoms with Gasteiger partial charge in [-0.2, -0.15) is 5.26 Å². The van der Waals surface area contributed by atoms with E-state index in [2.05, 4.69) is 6.07 Å². The van der Waals surface area contributed by atoms with Crippen LogP contribution >= 0.6 is 0 Å². The van der Waals surface area contributed by atoms with Gasteiger partial charge in [-0.25, -0.2) is 4.39 Å². The first kappa shape index (κ1) is 11.9. The van der Waals surface area contributed by atoms with Gasteiger partial charge in [0.1, 0.15) is 5.82 Å². The van der Waals surface area contributed by atoms with Crippen LogP contribution in [0.4, 0.5) is 4.39 Å². The van der Waals surface area contributed by atoms with Crippen molar-refractivity contribution in [1.82, 2.24) is 0 Å². The van der Waals surface area contributed by atoms with Crippen LogP contribution in [0.25, 0.3) is 0 Å². The van der Waals surface area contributed by atoms with Crippen LogP contribution < -0.4 is 5.73 Å². The molecule has 1 aliphatic rings. The van der Waals surface area contributed by atoms with Crippen LogP contribution in [0.3, 0.4) is 0 Å². The van der Waals surface area contributed by atoms with Crippen molar-refractivity contribution < 1.29 is 4.39 Å². The minimum Gasteiger partial charge on any atom is -0.320 e. The molecule has 0 fully saturated rings. The average molecular weight is 252 g/mol. The molecule has 0 heterocycles. The van der Waals surface area contributed by atoms with E-state index in [1.54, 1.807) is 6.07 Å². The number of hydrogen-bond donors (Lipinski definition) is 1. The Morgan fingerprint density at radius 3 is 2.63 bits per heavy atom. The molecular formula is C16H13FN2. The van der Waals surface area contributed by atoms with E-state index in [9.17, 15) is 4.39 Å². The number of nitrogens with two attached hydrogens (primary N) is 1.